The number of anilines is 1. The molecule has 0 aromatic heterocycles. The van der Waals surface area contributed by atoms with E-state index in [1.165, 1.54) is 62.7 Å². The summed E-state index contributed by atoms with van der Waals surface area (Å²) >= 11 is 0. The molecule has 0 saturated heterocycles. The molecule has 10 heteroatoms. The molecule has 0 unspecified atom stereocenters. The largest absolute Gasteiger partial charge is 0.485 e. The van der Waals surface area contributed by atoms with E-state index < -0.39 is 0 Å². The quantitative estimate of drug-likeness (QED) is 0.0370. The zero-order valence-corrected chi connectivity index (χ0v) is 50.9. The highest BCUT2D eigenvalue weighted by Crippen LogP contribution is 2.32. The highest BCUT2D eigenvalue weighted by atomic mass is 16.5. The Hall–Kier alpha value is -7.11. The van der Waals surface area contributed by atoms with Gasteiger partial charge in [0.2, 0.25) is 0 Å². The number of nitrogens with one attached hydrogen (secondary N) is 2. The summed E-state index contributed by atoms with van der Waals surface area (Å²) in [6.07, 6.45) is 13.1. The van der Waals surface area contributed by atoms with Crippen molar-refractivity contribution in [3.05, 3.63) is 221 Å². The van der Waals surface area contributed by atoms with Gasteiger partial charge in [0.25, 0.3) is 0 Å². The number of amides is 2. The molecular weight excluding hydrogens is 1030 g/mol. The maximum absolute atomic E-state index is 13.9. The number of hydrogen-bond acceptors (Lipinski definition) is 8. The molecule has 7 aromatic rings. The van der Waals surface area contributed by atoms with E-state index in [4.69, 9.17) is 18.9 Å². The van der Waals surface area contributed by atoms with Crippen molar-refractivity contribution in [2.45, 2.75) is 145 Å². The lowest BCUT2D eigenvalue weighted by Gasteiger charge is -2.28. The molecule has 0 heterocycles. The molecule has 444 valence electrons. The Morgan fingerprint density at radius 3 is 1.19 bits per heavy atom. The summed E-state index contributed by atoms with van der Waals surface area (Å²) in [6.45, 7) is 22.4. The minimum atomic E-state index is -0.0987. The van der Waals surface area contributed by atoms with Gasteiger partial charge < -0.3 is 44.3 Å². The van der Waals surface area contributed by atoms with Gasteiger partial charge in [-0.3, -0.25) is 0 Å². The van der Waals surface area contributed by atoms with Crippen LogP contribution in [-0.2, 0) is 45.9 Å². The molecule has 0 atom stereocenters. The number of benzene rings is 7. The van der Waals surface area contributed by atoms with Crippen molar-refractivity contribution in [3.63, 3.8) is 0 Å². The molecule has 7 aromatic carbocycles. The summed E-state index contributed by atoms with van der Waals surface area (Å²) < 4.78 is 25.0. The van der Waals surface area contributed by atoms with Crippen LogP contribution in [0.5, 0.6) is 23.0 Å². The average molecular weight is 1120 g/mol. The van der Waals surface area contributed by atoms with Crippen LogP contribution in [0.25, 0.3) is 0 Å². The van der Waals surface area contributed by atoms with Gasteiger partial charge in [0.15, 0.2) is 23.0 Å². The van der Waals surface area contributed by atoms with Gasteiger partial charge in [0.05, 0.1) is 0 Å². The highest BCUT2D eigenvalue weighted by molar-refractivity contribution is 5.89. The van der Waals surface area contributed by atoms with E-state index in [1.807, 2.05) is 114 Å². The van der Waals surface area contributed by atoms with Crippen molar-refractivity contribution >= 4 is 11.7 Å². The number of carbonyl (C=O) groups excluding carboxylic acids is 1. The first-order valence-corrected chi connectivity index (χ1v) is 31.1. The lowest BCUT2D eigenvalue weighted by Crippen LogP contribution is -2.41. The molecule has 0 fully saturated rings. The number of nitrogens with zero attached hydrogens (tertiary/aromatic N) is 3. The lowest BCUT2D eigenvalue weighted by molar-refractivity contribution is 0.188. The SMILES string of the molecule is CCCCN(CCCC)CCNCc1ccc(OCc2ccccc2)c(OCc2ccccc2)c1.CCCCc1ccc(NC(=O)N(CCN(CCCC)CCCC)Cc2ccc(OCc3ccccc3)c(OCc3ccccc3)c2)cc1. The number of rotatable bonds is 38. The molecule has 2 N–H and O–H groups in total. The Bertz CT molecular complexity index is 2770. The van der Waals surface area contributed by atoms with Crippen LogP contribution in [0.3, 0.4) is 0 Å². The van der Waals surface area contributed by atoms with Crippen LogP contribution >= 0.6 is 0 Å². The first-order chi connectivity index (χ1) is 40.9. The van der Waals surface area contributed by atoms with Crippen LogP contribution in [0.4, 0.5) is 10.5 Å². The molecule has 10 nitrogen and oxygen atoms in total. The van der Waals surface area contributed by atoms with Gasteiger partial charge in [-0.2, -0.15) is 0 Å². The lowest BCUT2D eigenvalue weighted by atomic mass is 10.1. The topological polar surface area (TPSA) is 87.8 Å². The molecule has 83 heavy (non-hydrogen) atoms. The zero-order valence-electron chi connectivity index (χ0n) is 50.9. The fourth-order valence-corrected chi connectivity index (χ4v) is 9.46. The third-order valence-electron chi connectivity index (χ3n) is 14.6. The maximum Gasteiger partial charge on any atom is 0.322 e. The summed E-state index contributed by atoms with van der Waals surface area (Å²) in [5, 5.41) is 6.80. The smallest absolute Gasteiger partial charge is 0.322 e. The molecule has 0 radical (unpaired) electrons. The van der Waals surface area contributed by atoms with E-state index in [-0.39, 0.29) is 6.03 Å². The first kappa shape index (κ1) is 65.0. The summed E-state index contributed by atoms with van der Waals surface area (Å²) in [4.78, 5) is 20.9. The van der Waals surface area contributed by atoms with Crippen LogP contribution in [0.2, 0.25) is 0 Å². The number of hydrogen-bond donors (Lipinski definition) is 2. The molecule has 2 amide bonds. The molecule has 0 aliphatic heterocycles. The average Bonchev–Trinajstić information content (AvgIpc) is 3.53. The summed E-state index contributed by atoms with van der Waals surface area (Å²) in [5.74, 6) is 2.92. The van der Waals surface area contributed by atoms with Gasteiger partial charge in [-0.1, -0.05) is 212 Å². The zero-order chi connectivity index (χ0) is 58.4. The molecule has 7 rings (SSSR count). The van der Waals surface area contributed by atoms with Gasteiger partial charge in [-0.05, 0) is 140 Å². The molecule has 0 saturated carbocycles. The summed E-state index contributed by atoms with van der Waals surface area (Å²) in [5.41, 5.74) is 8.76. The normalized spacial score (nSPS) is 11.0. The Balaban J connectivity index is 0.000000280. The van der Waals surface area contributed by atoms with Crippen molar-refractivity contribution in [2.75, 3.05) is 57.7 Å². The van der Waals surface area contributed by atoms with E-state index in [0.717, 1.165) is 116 Å². The second-order valence-electron chi connectivity index (χ2n) is 21.6. The van der Waals surface area contributed by atoms with E-state index in [1.54, 1.807) is 0 Å². The fraction of sp³-hybridized carbons (Fsp3) is 0.411. The predicted octanol–water partition coefficient (Wildman–Crippen LogP) is 17.0. The monoisotopic (exact) mass is 1120 g/mol. The molecule has 0 bridgehead atoms. The first-order valence-electron chi connectivity index (χ1n) is 31.1. The van der Waals surface area contributed by atoms with Crippen LogP contribution in [-0.4, -0.2) is 73.1 Å². The van der Waals surface area contributed by atoms with Gasteiger partial charge in [0, 0.05) is 45.0 Å². The van der Waals surface area contributed by atoms with Gasteiger partial charge in [-0.15, -0.1) is 0 Å². The van der Waals surface area contributed by atoms with Gasteiger partial charge in [-0.25, -0.2) is 4.79 Å². The molecule has 0 aliphatic rings. The van der Waals surface area contributed by atoms with Crippen molar-refractivity contribution in [1.29, 1.82) is 0 Å². The van der Waals surface area contributed by atoms with E-state index >= 15 is 0 Å². The van der Waals surface area contributed by atoms with Crippen molar-refractivity contribution in [3.8, 4) is 23.0 Å². The number of unbranched alkanes of at least 4 members (excludes halogenated alkanes) is 5. The second-order valence-corrected chi connectivity index (χ2v) is 21.6. The van der Waals surface area contributed by atoms with E-state index in [9.17, 15) is 4.79 Å². The van der Waals surface area contributed by atoms with Crippen molar-refractivity contribution < 1.29 is 23.7 Å². The van der Waals surface area contributed by atoms with E-state index in [0.29, 0.717) is 51.0 Å². The molecule has 0 spiro atoms. The van der Waals surface area contributed by atoms with E-state index in [2.05, 4.69) is 128 Å². The minimum Gasteiger partial charge on any atom is -0.485 e. The minimum absolute atomic E-state index is 0.0987. The number of carbonyl (C=O) groups is 1. The predicted molar refractivity (Wildman–Crippen MR) is 345 cm³/mol. The number of urea groups is 1. The van der Waals surface area contributed by atoms with Crippen LogP contribution in [0.15, 0.2) is 182 Å². The Kier molecular flexibility index (Phi) is 30.9. The van der Waals surface area contributed by atoms with Crippen LogP contribution < -0.4 is 29.6 Å². The van der Waals surface area contributed by atoms with Crippen molar-refractivity contribution in [1.82, 2.24) is 20.0 Å². The van der Waals surface area contributed by atoms with Crippen LogP contribution in [0, 0.1) is 0 Å². The van der Waals surface area contributed by atoms with Gasteiger partial charge in [0.1, 0.15) is 26.4 Å². The Labute approximate surface area is 499 Å². The highest BCUT2D eigenvalue weighted by Gasteiger charge is 2.19. The number of ether oxygens (including phenoxy) is 4. The third-order valence-corrected chi connectivity index (χ3v) is 14.6. The molecular formula is C73H97N5O5. The van der Waals surface area contributed by atoms with Crippen LogP contribution in [0.1, 0.15) is 138 Å². The Morgan fingerprint density at radius 1 is 0.373 bits per heavy atom. The number of aryl methyl sites for hydroxylation is 1. The fourth-order valence-electron chi connectivity index (χ4n) is 9.46. The standard InChI is InChI=1S/C42H55N3O3.C31H42N2O2/c1-4-7-16-35-21-24-39(25-22-35)43-42(46)45(30-29-44(27-8-5-2)28-9-6-3)32-38-23-26-40(47-33-36-17-12-10-13-18-36)41(31-38)48-34-37-19-14-11-15-20-37;1-3-5-20-33(21-6-4-2)22-19-32-24-29-17-18-30(34-25-27-13-9-7-10-14-27)31(23-29)35-26-28-15-11-8-12-16-28/h10-15,17-26,31H,4-9,16,27-30,32-34H2,1-3H3,(H,43,46);7-18,23,32H,3-6,19-22,24-26H2,1-2H3. The van der Waals surface area contributed by atoms with Gasteiger partial charge >= 0.3 is 6.03 Å². The Morgan fingerprint density at radius 2 is 0.759 bits per heavy atom. The molecule has 0 aliphatic carbocycles. The summed E-state index contributed by atoms with van der Waals surface area (Å²) in [7, 11) is 0. The van der Waals surface area contributed by atoms with Crippen molar-refractivity contribution in [2.24, 2.45) is 0 Å². The summed E-state index contributed by atoms with van der Waals surface area (Å²) in [6, 6.07) is 61.3. The maximum atomic E-state index is 13.9. The third kappa shape index (κ3) is 25.5. The second kappa shape index (κ2) is 39.4.